The maximum absolute atomic E-state index is 15.0. The molecule has 7 rings (SSSR count). The largest absolute Gasteiger partial charge is 0.497 e. The van der Waals surface area contributed by atoms with Crippen molar-refractivity contribution in [2.75, 3.05) is 32.3 Å². The average Bonchev–Trinajstić information content (AvgIpc) is 3.60. The molecule has 2 amide bonds. The zero-order valence-electron chi connectivity index (χ0n) is 31.0. The number of carbonyl (C=O) groups excluding carboxylic acids is 2. The zero-order valence-corrected chi connectivity index (χ0v) is 32.0. The Hall–Kier alpha value is -4.97. The van der Waals surface area contributed by atoms with Gasteiger partial charge in [-0.1, -0.05) is 67.7 Å². The lowest BCUT2D eigenvalue weighted by molar-refractivity contribution is -0.150. The first kappa shape index (κ1) is 36.4. The lowest BCUT2D eigenvalue weighted by atomic mass is 9.82. The molecule has 0 saturated carbocycles. The first-order chi connectivity index (χ1) is 25.5. The molecule has 1 fully saturated rings. The Labute approximate surface area is 311 Å². The van der Waals surface area contributed by atoms with Crippen LogP contribution in [0.3, 0.4) is 0 Å². The molecule has 1 spiro atoms. The lowest BCUT2D eigenvalue weighted by Gasteiger charge is -2.39. The van der Waals surface area contributed by atoms with E-state index in [2.05, 4.69) is 44.8 Å². The number of hydrogen-bond acceptors (Lipinski definition) is 7. The van der Waals surface area contributed by atoms with Crippen LogP contribution in [0.1, 0.15) is 30.0 Å². The zero-order chi connectivity index (χ0) is 37.7. The number of ether oxygens (including phenoxy) is 3. The van der Waals surface area contributed by atoms with Gasteiger partial charge in [0, 0.05) is 36.5 Å². The van der Waals surface area contributed by atoms with Crippen molar-refractivity contribution >= 4 is 30.8 Å². The van der Waals surface area contributed by atoms with Crippen LogP contribution in [-0.4, -0.2) is 74.0 Å². The van der Waals surface area contributed by atoms with Crippen molar-refractivity contribution < 1.29 is 28.9 Å². The van der Waals surface area contributed by atoms with Gasteiger partial charge in [-0.15, -0.1) is 6.58 Å². The van der Waals surface area contributed by atoms with E-state index in [9.17, 15) is 19.5 Å². The molecule has 276 valence electrons. The third-order valence-corrected chi connectivity index (χ3v) is 16.2. The summed E-state index contributed by atoms with van der Waals surface area (Å²) in [5, 5.41) is 11.6. The number of aliphatic hydroxyl groups is 1. The second kappa shape index (κ2) is 14.1. The summed E-state index contributed by atoms with van der Waals surface area (Å²) in [5.41, 5.74) is 2.15. The summed E-state index contributed by atoms with van der Waals surface area (Å²) in [6.45, 7) is 11.1. The van der Waals surface area contributed by atoms with Crippen LogP contribution in [0.15, 0.2) is 103 Å². The van der Waals surface area contributed by atoms with E-state index in [1.165, 1.54) is 11.7 Å². The molecule has 1 saturated heterocycles. The summed E-state index contributed by atoms with van der Waals surface area (Å²) in [4.78, 5) is 46.4. The van der Waals surface area contributed by atoms with Gasteiger partial charge in [-0.05, 0) is 65.6 Å². The summed E-state index contributed by atoms with van der Waals surface area (Å²) in [6.07, 6.45) is 3.35. The van der Waals surface area contributed by atoms with Crippen LogP contribution in [0, 0.1) is 5.92 Å². The monoisotopic (exact) mass is 733 g/mol. The molecule has 4 heterocycles. The van der Waals surface area contributed by atoms with Crippen molar-refractivity contribution in [3.63, 3.8) is 0 Å². The molecule has 0 bridgehead atoms. The summed E-state index contributed by atoms with van der Waals surface area (Å²) in [5.74, 6) is 0.249. The van der Waals surface area contributed by atoms with E-state index in [1.807, 2.05) is 48.5 Å². The fourth-order valence-electron chi connectivity index (χ4n) is 9.13. The Kier molecular flexibility index (Phi) is 9.69. The Bertz CT molecular complexity index is 2110. The fraction of sp³-hybridized carbons (Fsp3) is 0.357. The van der Waals surface area contributed by atoms with Crippen LogP contribution in [0.2, 0.25) is 18.6 Å². The number of pyridine rings is 1. The van der Waals surface area contributed by atoms with Crippen molar-refractivity contribution in [3.05, 3.63) is 125 Å². The van der Waals surface area contributed by atoms with Gasteiger partial charge in [-0.3, -0.25) is 19.0 Å². The number of fused-ring (bicyclic) bond motifs is 3. The van der Waals surface area contributed by atoms with Crippen molar-refractivity contribution in [2.24, 2.45) is 5.92 Å². The number of hydrogen-bond donors (Lipinski definition) is 1. The minimum absolute atomic E-state index is 0.0428. The molecule has 5 atom stereocenters. The second-order valence-corrected chi connectivity index (χ2v) is 19.5. The molecule has 10 nitrogen and oxygen atoms in total. The van der Waals surface area contributed by atoms with E-state index in [0.29, 0.717) is 29.9 Å². The summed E-state index contributed by atoms with van der Waals surface area (Å²) in [7, 11) is 0.543. The molecule has 11 heteroatoms. The summed E-state index contributed by atoms with van der Waals surface area (Å²) >= 11 is 0. The topological polar surface area (TPSA) is 111 Å². The SMILES string of the molecule is C=CCN1C(=O)[C@]2(O[C@H](CC(=O)N3Cc4ccccc4C[C@H]3CO)[C@@H]([Si](C)(C)c3ccc(OC)cc3)[C@@H]2C)c2cc(-n3cccc(OC)c3=O)ccc21. The Morgan fingerprint density at radius 1 is 1.02 bits per heavy atom. The van der Waals surface area contributed by atoms with Gasteiger partial charge in [0.25, 0.3) is 11.5 Å². The highest BCUT2D eigenvalue weighted by molar-refractivity contribution is 6.91. The minimum atomic E-state index is -2.55. The Morgan fingerprint density at radius 2 is 1.75 bits per heavy atom. The van der Waals surface area contributed by atoms with Gasteiger partial charge in [0.05, 0.1) is 53.2 Å². The molecule has 0 aliphatic carbocycles. The van der Waals surface area contributed by atoms with E-state index in [1.54, 1.807) is 41.3 Å². The van der Waals surface area contributed by atoms with E-state index in [4.69, 9.17) is 14.2 Å². The van der Waals surface area contributed by atoms with Crippen LogP contribution < -0.4 is 25.1 Å². The summed E-state index contributed by atoms with van der Waals surface area (Å²) in [6, 6.07) is 24.7. The van der Waals surface area contributed by atoms with Gasteiger partial charge >= 0.3 is 0 Å². The maximum Gasteiger partial charge on any atom is 0.297 e. The number of methoxy groups -OCH3 is 2. The molecule has 3 aromatic carbocycles. The van der Waals surface area contributed by atoms with E-state index >= 15 is 0 Å². The van der Waals surface area contributed by atoms with Crippen LogP contribution in [-0.2, 0) is 32.9 Å². The van der Waals surface area contributed by atoms with Gasteiger partial charge < -0.3 is 29.1 Å². The number of carbonyl (C=O) groups is 2. The number of nitrogens with zero attached hydrogens (tertiary/aromatic N) is 3. The lowest BCUT2D eigenvalue weighted by Crippen LogP contribution is -2.52. The molecule has 3 aliphatic rings. The standard InChI is InChI=1S/C42H47N3O7Si/c1-7-20-44-35-19-14-30(43-21-10-13-36(51-4)40(43)48)23-34(35)42(41(44)49)27(2)39(53(5,6)33-17-15-32(50-3)16-18-33)37(52-42)24-38(47)45-25-29-12-9-8-11-28(29)22-31(45)26-46/h7-19,21,23,27,31,37,39,46H,1,20,22,24-26H2,2-6H3/t27-,31-,37+,39-,42+/m0/s1. The highest BCUT2D eigenvalue weighted by Crippen LogP contribution is 2.60. The predicted molar refractivity (Wildman–Crippen MR) is 207 cm³/mol. The number of aromatic nitrogens is 1. The molecule has 53 heavy (non-hydrogen) atoms. The predicted octanol–water partition coefficient (Wildman–Crippen LogP) is 4.94. The quantitative estimate of drug-likeness (QED) is 0.182. The normalized spacial score (nSPS) is 23.5. The molecular weight excluding hydrogens is 687 g/mol. The van der Waals surface area contributed by atoms with Gasteiger partial charge in [-0.2, -0.15) is 0 Å². The van der Waals surface area contributed by atoms with Crippen molar-refractivity contribution in [1.29, 1.82) is 0 Å². The molecule has 4 aromatic rings. The van der Waals surface area contributed by atoms with E-state index in [-0.39, 0.29) is 60.2 Å². The van der Waals surface area contributed by atoms with E-state index in [0.717, 1.165) is 22.1 Å². The van der Waals surface area contributed by atoms with Crippen molar-refractivity contribution in [2.45, 2.75) is 62.7 Å². The van der Waals surface area contributed by atoms with Gasteiger partial charge in [0.1, 0.15) is 5.75 Å². The van der Waals surface area contributed by atoms with Crippen LogP contribution in [0.5, 0.6) is 11.5 Å². The van der Waals surface area contributed by atoms with Crippen molar-refractivity contribution in [1.82, 2.24) is 9.47 Å². The Balaban J connectivity index is 1.35. The number of benzene rings is 3. The number of amides is 2. The molecule has 1 N–H and O–H groups in total. The van der Waals surface area contributed by atoms with Gasteiger partial charge in [0.2, 0.25) is 5.91 Å². The fourth-order valence-corrected chi connectivity index (χ4v) is 13.1. The van der Waals surface area contributed by atoms with Crippen LogP contribution in [0.4, 0.5) is 5.69 Å². The van der Waals surface area contributed by atoms with Gasteiger partial charge in [-0.25, -0.2) is 0 Å². The molecular formula is C42H47N3O7Si. The number of rotatable bonds is 10. The highest BCUT2D eigenvalue weighted by atomic mass is 28.3. The van der Waals surface area contributed by atoms with Crippen LogP contribution >= 0.6 is 0 Å². The average molecular weight is 734 g/mol. The Morgan fingerprint density at radius 3 is 2.43 bits per heavy atom. The first-order valence-corrected chi connectivity index (χ1v) is 21.2. The smallest absolute Gasteiger partial charge is 0.297 e. The molecule has 1 aromatic heterocycles. The molecule has 3 aliphatic heterocycles. The first-order valence-electron chi connectivity index (χ1n) is 18.1. The molecule has 0 radical (unpaired) electrons. The van der Waals surface area contributed by atoms with Crippen LogP contribution in [0.25, 0.3) is 5.69 Å². The third-order valence-electron chi connectivity index (χ3n) is 11.8. The highest BCUT2D eigenvalue weighted by Gasteiger charge is 2.66. The maximum atomic E-state index is 15.0. The summed E-state index contributed by atoms with van der Waals surface area (Å²) < 4.78 is 19.5. The minimum Gasteiger partial charge on any atom is -0.497 e. The van der Waals surface area contributed by atoms with Gasteiger partial charge in [0.15, 0.2) is 11.4 Å². The second-order valence-electron chi connectivity index (χ2n) is 14.8. The number of aliphatic hydroxyl groups excluding tert-OH is 1. The van der Waals surface area contributed by atoms with E-state index < -0.39 is 19.8 Å². The third kappa shape index (κ3) is 5.91. The molecule has 0 unspecified atom stereocenters. The van der Waals surface area contributed by atoms with Crippen molar-refractivity contribution in [3.8, 4) is 17.2 Å². The number of anilines is 1.